The highest BCUT2D eigenvalue weighted by Crippen LogP contribution is 2.23. The van der Waals surface area contributed by atoms with Crippen LogP contribution in [0.5, 0.6) is 0 Å². The summed E-state index contributed by atoms with van der Waals surface area (Å²) in [5.41, 5.74) is 1.74. The summed E-state index contributed by atoms with van der Waals surface area (Å²) in [5.74, 6) is -1.03. The van der Waals surface area contributed by atoms with Crippen molar-refractivity contribution in [1.29, 1.82) is 0 Å². The van der Waals surface area contributed by atoms with E-state index in [1.165, 1.54) is 14.2 Å². The molecule has 0 atom stereocenters. The first-order chi connectivity index (χ1) is 10.7. The minimum absolute atomic E-state index is 0.257. The quantitative estimate of drug-likeness (QED) is 0.779. The number of allylic oxidation sites excluding steroid dienone is 1. The Morgan fingerprint density at radius 2 is 1.77 bits per heavy atom. The van der Waals surface area contributed by atoms with E-state index in [4.69, 9.17) is 9.47 Å². The van der Waals surface area contributed by atoms with Crippen molar-refractivity contribution >= 4 is 11.9 Å². The van der Waals surface area contributed by atoms with Crippen molar-refractivity contribution < 1.29 is 19.1 Å². The fourth-order valence-electron chi connectivity index (χ4n) is 2.36. The highest BCUT2D eigenvalue weighted by Gasteiger charge is 2.28. The number of methoxy groups -OCH3 is 2. The monoisotopic (exact) mass is 301 g/mol. The number of hydrogen-bond acceptors (Lipinski definition) is 5. The van der Waals surface area contributed by atoms with Gasteiger partial charge in [-0.1, -0.05) is 36.4 Å². The third kappa shape index (κ3) is 3.55. The van der Waals surface area contributed by atoms with Crippen molar-refractivity contribution in [2.45, 2.75) is 12.8 Å². The third-order valence-electron chi connectivity index (χ3n) is 3.48. The Morgan fingerprint density at radius 3 is 2.41 bits per heavy atom. The van der Waals surface area contributed by atoms with E-state index in [-0.39, 0.29) is 5.70 Å². The molecule has 0 aromatic heterocycles. The van der Waals surface area contributed by atoms with Gasteiger partial charge in [0.1, 0.15) is 5.70 Å². The van der Waals surface area contributed by atoms with Gasteiger partial charge in [-0.25, -0.2) is 9.59 Å². The van der Waals surface area contributed by atoms with Gasteiger partial charge in [0.2, 0.25) is 0 Å². The Bertz CT molecular complexity index is 604. The maximum Gasteiger partial charge on any atom is 0.355 e. The van der Waals surface area contributed by atoms with Gasteiger partial charge in [0.15, 0.2) is 0 Å². The van der Waals surface area contributed by atoms with Crippen LogP contribution >= 0.6 is 0 Å². The highest BCUT2D eigenvalue weighted by molar-refractivity contribution is 6.00. The van der Waals surface area contributed by atoms with Gasteiger partial charge in [-0.2, -0.15) is 0 Å². The van der Waals surface area contributed by atoms with Crippen LogP contribution in [-0.2, 0) is 25.5 Å². The number of esters is 2. The fourth-order valence-corrected chi connectivity index (χ4v) is 2.36. The number of rotatable bonds is 5. The Balaban J connectivity index is 2.22. The van der Waals surface area contributed by atoms with E-state index in [9.17, 15) is 9.59 Å². The normalized spacial score (nSPS) is 14.0. The lowest BCUT2D eigenvalue weighted by atomic mass is 10.0. The molecule has 5 nitrogen and oxygen atoms in total. The molecule has 0 N–H and O–H groups in total. The summed E-state index contributed by atoms with van der Waals surface area (Å²) in [6, 6.07) is 9.95. The van der Waals surface area contributed by atoms with E-state index in [2.05, 4.69) is 0 Å². The molecule has 0 bridgehead atoms. The molecule has 116 valence electrons. The average Bonchev–Trinajstić information content (AvgIpc) is 2.59. The Labute approximate surface area is 129 Å². The van der Waals surface area contributed by atoms with Gasteiger partial charge in [0.05, 0.1) is 19.8 Å². The molecule has 0 fully saturated rings. The van der Waals surface area contributed by atoms with Gasteiger partial charge >= 0.3 is 11.9 Å². The van der Waals surface area contributed by atoms with Gasteiger partial charge in [-0.15, -0.1) is 0 Å². The zero-order chi connectivity index (χ0) is 15.9. The van der Waals surface area contributed by atoms with E-state index >= 15 is 0 Å². The average molecular weight is 301 g/mol. The van der Waals surface area contributed by atoms with Crippen molar-refractivity contribution in [3.05, 3.63) is 59.4 Å². The van der Waals surface area contributed by atoms with E-state index in [0.29, 0.717) is 18.5 Å². The molecule has 1 aromatic carbocycles. The SMILES string of the molecule is COC(=O)C1=C(C(=O)OC)N(CCc2ccccc2)C=CC1. The third-order valence-corrected chi connectivity index (χ3v) is 3.48. The molecule has 0 radical (unpaired) electrons. The van der Waals surface area contributed by atoms with Crippen molar-refractivity contribution in [3.8, 4) is 0 Å². The Hall–Kier alpha value is -2.56. The lowest BCUT2D eigenvalue weighted by Gasteiger charge is -2.27. The molecule has 1 aliphatic heterocycles. The number of nitrogens with zero attached hydrogens (tertiary/aromatic N) is 1. The van der Waals surface area contributed by atoms with E-state index in [1.807, 2.05) is 42.6 Å². The van der Waals surface area contributed by atoms with Gasteiger partial charge in [0.25, 0.3) is 0 Å². The van der Waals surface area contributed by atoms with Crippen LogP contribution in [0.4, 0.5) is 0 Å². The molecule has 2 rings (SSSR count). The van der Waals surface area contributed by atoms with Crippen LogP contribution in [0.3, 0.4) is 0 Å². The maximum absolute atomic E-state index is 12.1. The van der Waals surface area contributed by atoms with Crippen molar-refractivity contribution in [2.24, 2.45) is 0 Å². The summed E-state index contributed by atoms with van der Waals surface area (Å²) >= 11 is 0. The van der Waals surface area contributed by atoms with Crippen molar-refractivity contribution in [3.63, 3.8) is 0 Å². The maximum atomic E-state index is 12.1. The second-order valence-corrected chi connectivity index (χ2v) is 4.83. The first kappa shape index (κ1) is 15.8. The molecular formula is C17H19NO4. The predicted molar refractivity (Wildman–Crippen MR) is 81.7 cm³/mol. The summed E-state index contributed by atoms with van der Waals surface area (Å²) in [6.45, 7) is 0.575. The van der Waals surface area contributed by atoms with Crippen LogP contribution in [-0.4, -0.2) is 37.6 Å². The zero-order valence-corrected chi connectivity index (χ0v) is 12.7. The summed E-state index contributed by atoms with van der Waals surface area (Å²) in [7, 11) is 2.61. The summed E-state index contributed by atoms with van der Waals surface area (Å²) in [6.07, 6.45) is 4.75. The first-order valence-electron chi connectivity index (χ1n) is 7.04. The molecule has 0 amide bonds. The largest absolute Gasteiger partial charge is 0.466 e. The lowest BCUT2D eigenvalue weighted by Crippen LogP contribution is -2.31. The smallest absolute Gasteiger partial charge is 0.355 e. The topological polar surface area (TPSA) is 55.8 Å². The molecule has 0 aliphatic carbocycles. The summed E-state index contributed by atoms with van der Waals surface area (Å²) in [5, 5.41) is 0. The number of ether oxygens (including phenoxy) is 2. The Morgan fingerprint density at radius 1 is 1.09 bits per heavy atom. The molecule has 5 heteroatoms. The number of carbonyl (C=O) groups excluding carboxylic acids is 2. The first-order valence-corrected chi connectivity index (χ1v) is 7.04. The van der Waals surface area contributed by atoms with Crippen molar-refractivity contribution in [2.75, 3.05) is 20.8 Å². The molecule has 0 saturated carbocycles. The van der Waals surface area contributed by atoms with E-state index in [1.54, 1.807) is 4.90 Å². The minimum atomic E-state index is -0.530. The van der Waals surface area contributed by atoms with Crippen LogP contribution in [0.25, 0.3) is 0 Å². The van der Waals surface area contributed by atoms with E-state index in [0.717, 1.165) is 12.0 Å². The number of carbonyl (C=O) groups is 2. The van der Waals surface area contributed by atoms with Crippen LogP contribution < -0.4 is 0 Å². The zero-order valence-electron chi connectivity index (χ0n) is 12.7. The molecule has 1 aliphatic rings. The molecule has 0 unspecified atom stereocenters. The van der Waals surface area contributed by atoms with Gasteiger partial charge in [-0.05, 0) is 12.0 Å². The van der Waals surface area contributed by atoms with Crippen LogP contribution in [0.1, 0.15) is 12.0 Å². The van der Waals surface area contributed by atoms with Crippen LogP contribution in [0.15, 0.2) is 53.9 Å². The minimum Gasteiger partial charge on any atom is -0.466 e. The molecule has 1 aromatic rings. The van der Waals surface area contributed by atoms with Crippen LogP contribution in [0, 0.1) is 0 Å². The fraction of sp³-hybridized carbons (Fsp3) is 0.294. The molecule has 0 saturated heterocycles. The summed E-state index contributed by atoms with van der Waals surface area (Å²) in [4.78, 5) is 25.7. The molecule has 22 heavy (non-hydrogen) atoms. The number of benzene rings is 1. The molecular weight excluding hydrogens is 282 g/mol. The van der Waals surface area contributed by atoms with E-state index < -0.39 is 11.9 Å². The predicted octanol–water partition coefficient (Wildman–Crippen LogP) is 2.05. The van der Waals surface area contributed by atoms with Crippen molar-refractivity contribution in [1.82, 2.24) is 4.90 Å². The summed E-state index contributed by atoms with van der Waals surface area (Å²) < 4.78 is 9.58. The van der Waals surface area contributed by atoms with Crippen LogP contribution in [0.2, 0.25) is 0 Å². The van der Waals surface area contributed by atoms with Gasteiger partial charge in [0, 0.05) is 19.2 Å². The lowest BCUT2D eigenvalue weighted by molar-refractivity contribution is -0.140. The number of hydrogen-bond donors (Lipinski definition) is 0. The molecule has 0 spiro atoms. The second-order valence-electron chi connectivity index (χ2n) is 4.83. The standard InChI is InChI=1S/C17H19NO4/c1-21-16(19)14-9-6-11-18(15(14)17(20)22-2)12-10-13-7-4-3-5-8-13/h3-8,11H,9-10,12H2,1-2H3. The van der Waals surface area contributed by atoms with Gasteiger partial charge in [-0.3, -0.25) is 0 Å². The Kier molecular flexibility index (Phi) is 5.36. The molecule has 1 heterocycles. The highest BCUT2D eigenvalue weighted by atomic mass is 16.5. The second kappa shape index (κ2) is 7.45. The van der Waals surface area contributed by atoms with Gasteiger partial charge < -0.3 is 14.4 Å².